The molecule has 0 fully saturated rings. The van der Waals surface area contributed by atoms with Crippen molar-refractivity contribution >= 4 is 23.5 Å². The van der Waals surface area contributed by atoms with Gasteiger partial charge in [-0.3, -0.25) is 9.69 Å². The van der Waals surface area contributed by atoms with Crippen molar-refractivity contribution in [1.82, 2.24) is 4.90 Å². The molecule has 0 aromatic heterocycles. The number of carbonyl (C=O) groups excluding carboxylic acids is 2. The lowest BCUT2D eigenvalue weighted by Crippen LogP contribution is -2.35. The van der Waals surface area contributed by atoms with Crippen molar-refractivity contribution in [1.29, 1.82) is 0 Å². The molecule has 2 rings (SSSR count). The number of rotatable bonds is 8. The lowest BCUT2D eigenvalue weighted by atomic mass is 10.1. The van der Waals surface area contributed by atoms with E-state index >= 15 is 0 Å². The quantitative estimate of drug-likeness (QED) is 0.516. The molecule has 0 spiro atoms. The van der Waals surface area contributed by atoms with Gasteiger partial charge in [-0.2, -0.15) is 0 Å². The number of carbonyl (C=O) groups is 2. The standard InChI is InChI=1S/C26H34ClNO5/c1-25(2,3)32-23(30)17-28(13-12-19-10-11-21(29)15-22(19)27)16-18-8-7-9-20(14-18)24(31)33-26(4,5)6/h7-11,14-15,29H,12-13,16-17H2,1-6H3. The number of ether oxygens (including phenoxy) is 2. The van der Waals surface area contributed by atoms with Crippen LogP contribution >= 0.6 is 11.6 Å². The molecule has 0 saturated carbocycles. The minimum Gasteiger partial charge on any atom is -0.508 e. The molecule has 6 nitrogen and oxygen atoms in total. The van der Waals surface area contributed by atoms with Crippen molar-refractivity contribution in [3.8, 4) is 5.75 Å². The highest BCUT2D eigenvalue weighted by Gasteiger charge is 2.21. The molecule has 0 heterocycles. The maximum Gasteiger partial charge on any atom is 0.338 e. The third-order valence-electron chi connectivity index (χ3n) is 4.47. The Balaban J connectivity index is 2.18. The molecule has 0 bridgehead atoms. The summed E-state index contributed by atoms with van der Waals surface area (Å²) in [5.74, 6) is -0.616. The fourth-order valence-corrected chi connectivity index (χ4v) is 3.45. The molecule has 2 aromatic carbocycles. The maximum atomic E-state index is 12.5. The van der Waals surface area contributed by atoms with E-state index in [1.807, 2.05) is 52.5 Å². The zero-order valence-electron chi connectivity index (χ0n) is 20.3. The highest BCUT2D eigenvalue weighted by molar-refractivity contribution is 6.31. The topological polar surface area (TPSA) is 76.1 Å². The van der Waals surface area contributed by atoms with Crippen LogP contribution in [0.5, 0.6) is 5.75 Å². The molecule has 0 aliphatic heterocycles. The summed E-state index contributed by atoms with van der Waals surface area (Å²) in [6.45, 7) is 12.0. The monoisotopic (exact) mass is 475 g/mol. The number of phenols is 1. The molecule has 7 heteroatoms. The Bertz CT molecular complexity index is 975. The Morgan fingerprint density at radius 3 is 2.24 bits per heavy atom. The molecule has 0 aliphatic carbocycles. The van der Waals surface area contributed by atoms with Crippen LogP contribution in [-0.4, -0.2) is 46.2 Å². The second kappa shape index (κ2) is 11.0. The SMILES string of the molecule is CC(C)(C)OC(=O)CN(CCc1ccc(O)cc1Cl)Cc1cccc(C(=O)OC(C)(C)C)c1. The van der Waals surface area contributed by atoms with E-state index in [2.05, 4.69) is 0 Å². The predicted octanol–water partition coefficient (Wildman–Crippen LogP) is 5.39. The second-order valence-electron chi connectivity index (χ2n) is 10.0. The van der Waals surface area contributed by atoms with E-state index < -0.39 is 11.2 Å². The van der Waals surface area contributed by atoms with E-state index in [1.54, 1.807) is 30.3 Å². The number of aromatic hydroxyl groups is 1. The van der Waals surface area contributed by atoms with Gasteiger partial charge in [0.05, 0.1) is 12.1 Å². The van der Waals surface area contributed by atoms with Gasteiger partial charge in [-0.15, -0.1) is 0 Å². The van der Waals surface area contributed by atoms with E-state index in [1.165, 1.54) is 6.07 Å². The fourth-order valence-electron chi connectivity index (χ4n) is 3.18. The summed E-state index contributed by atoms with van der Waals surface area (Å²) in [6, 6.07) is 12.1. The Morgan fingerprint density at radius 2 is 1.64 bits per heavy atom. The van der Waals surface area contributed by atoms with Crippen molar-refractivity contribution < 1.29 is 24.2 Å². The maximum absolute atomic E-state index is 12.5. The first-order valence-electron chi connectivity index (χ1n) is 11.0. The molecular weight excluding hydrogens is 442 g/mol. The van der Waals surface area contributed by atoms with Gasteiger partial charge in [0.1, 0.15) is 17.0 Å². The van der Waals surface area contributed by atoms with Crippen LogP contribution in [0.3, 0.4) is 0 Å². The Labute approximate surface area is 201 Å². The largest absolute Gasteiger partial charge is 0.508 e. The van der Waals surface area contributed by atoms with Gasteiger partial charge >= 0.3 is 11.9 Å². The molecule has 0 saturated heterocycles. The van der Waals surface area contributed by atoms with Gasteiger partial charge in [-0.25, -0.2) is 4.79 Å². The first-order chi connectivity index (χ1) is 15.2. The molecule has 0 atom stereocenters. The molecule has 0 amide bonds. The minimum atomic E-state index is -0.584. The molecular formula is C26H34ClNO5. The number of halogens is 1. The Kier molecular flexibility index (Phi) is 8.92. The predicted molar refractivity (Wildman–Crippen MR) is 130 cm³/mol. The van der Waals surface area contributed by atoms with E-state index in [0.717, 1.165) is 11.1 Å². The van der Waals surface area contributed by atoms with Crippen LogP contribution in [0.1, 0.15) is 63.0 Å². The van der Waals surface area contributed by atoms with Gasteiger partial charge in [-0.1, -0.05) is 29.8 Å². The average molecular weight is 476 g/mol. The zero-order chi connectivity index (χ0) is 24.8. The van der Waals surface area contributed by atoms with Crippen LogP contribution in [0.15, 0.2) is 42.5 Å². The highest BCUT2D eigenvalue weighted by Crippen LogP contribution is 2.22. The van der Waals surface area contributed by atoms with Crippen LogP contribution in [0.25, 0.3) is 0 Å². The Hall–Kier alpha value is -2.57. The molecule has 1 N–H and O–H groups in total. The smallest absolute Gasteiger partial charge is 0.338 e. The van der Waals surface area contributed by atoms with Crippen LogP contribution in [-0.2, 0) is 27.2 Å². The molecule has 33 heavy (non-hydrogen) atoms. The van der Waals surface area contributed by atoms with E-state index in [-0.39, 0.29) is 24.2 Å². The lowest BCUT2D eigenvalue weighted by Gasteiger charge is -2.25. The second-order valence-corrected chi connectivity index (χ2v) is 10.4. The van der Waals surface area contributed by atoms with Crippen molar-refractivity contribution in [2.45, 2.75) is 65.7 Å². The molecule has 0 aliphatic rings. The van der Waals surface area contributed by atoms with E-state index in [9.17, 15) is 14.7 Å². The van der Waals surface area contributed by atoms with Gasteiger partial charge in [-0.05, 0) is 83.4 Å². The summed E-state index contributed by atoms with van der Waals surface area (Å²) in [6.07, 6.45) is 0.577. The van der Waals surface area contributed by atoms with Gasteiger partial charge in [0, 0.05) is 18.1 Å². The fraction of sp³-hybridized carbons (Fsp3) is 0.462. The van der Waals surface area contributed by atoms with Crippen LogP contribution in [0, 0.1) is 0 Å². The summed E-state index contributed by atoms with van der Waals surface area (Å²) in [7, 11) is 0. The zero-order valence-corrected chi connectivity index (χ0v) is 21.0. The van der Waals surface area contributed by atoms with Crippen LogP contribution < -0.4 is 0 Å². The summed E-state index contributed by atoms with van der Waals surface area (Å²) < 4.78 is 11.0. The third-order valence-corrected chi connectivity index (χ3v) is 4.83. The lowest BCUT2D eigenvalue weighted by molar-refractivity contribution is -0.156. The number of hydrogen-bond donors (Lipinski definition) is 1. The number of esters is 2. The number of benzene rings is 2. The number of phenolic OH excluding ortho intramolecular Hbond substituents is 1. The first kappa shape index (κ1) is 26.7. The molecule has 180 valence electrons. The number of hydrogen-bond acceptors (Lipinski definition) is 6. The molecule has 0 radical (unpaired) electrons. The normalized spacial score (nSPS) is 12.0. The molecule has 2 aromatic rings. The van der Waals surface area contributed by atoms with Crippen molar-refractivity contribution in [3.05, 3.63) is 64.2 Å². The van der Waals surface area contributed by atoms with Crippen LogP contribution in [0.2, 0.25) is 5.02 Å². The Morgan fingerprint density at radius 1 is 0.970 bits per heavy atom. The molecule has 0 unspecified atom stereocenters. The summed E-state index contributed by atoms with van der Waals surface area (Å²) in [4.78, 5) is 26.9. The van der Waals surface area contributed by atoms with Gasteiger partial charge in [0.15, 0.2) is 0 Å². The van der Waals surface area contributed by atoms with Crippen molar-refractivity contribution in [2.24, 2.45) is 0 Å². The van der Waals surface area contributed by atoms with Gasteiger partial charge in [0.25, 0.3) is 0 Å². The summed E-state index contributed by atoms with van der Waals surface area (Å²) in [5, 5.41) is 10.1. The average Bonchev–Trinajstić information content (AvgIpc) is 2.64. The summed E-state index contributed by atoms with van der Waals surface area (Å²) >= 11 is 6.25. The minimum absolute atomic E-state index is 0.0869. The third kappa shape index (κ3) is 9.84. The summed E-state index contributed by atoms with van der Waals surface area (Å²) in [5.41, 5.74) is 1.03. The van der Waals surface area contributed by atoms with Crippen molar-refractivity contribution in [2.75, 3.05) is 13.1 Å². The van der Waals surface area contributed by atoms with E-state index in [0.29, 0.717) is 30.1 Å². The highest BCUT2D eigenvalue weighted by atomic mass is 35.5. The van der Waals surface area contributed by atoms with Gasteiger partial charge in [0.2, 0.25) is 0 Å². The first-order valence-corrected chi connectivity index (χ1v) is 11.3. The number of nitrogens with zero attached hydrogens (tertiary/aromatic N) is 1. The van der Waals surface area contributed by atoms with Crippen molar-refractivity contribution in [3.63, 3.8) is 0 Å². The van der Waals surface area contributed by atoms with Crippen LogP contribution in [0.4, 0.5) is 0 Å². The van der Waals surface area contributed by atoms with Gasteiger partial charge < -0.3 is 14.6 Å². The van der Waals surface area contributed by atoms with E-state index in [4.69, 9.17) is 21.1 Å².